The summed E-state index contributed by atoms with van der Waals surface area (Å²) in [7, 11) is 0. The summed E-state index contributed by atoms with van der Waals surface area (Å²) >= 11 is 0. The number of ether oxygens (including phenoxy) is 8. The summed E-state index contributed by atoms with van der Waals surface area (Å²) < 4.78 is 45.6. The van der Waals surface area contributed by atoms with E-state index in [2.05, 4.69) is 21.3 Å². The lowest BCUT2D eigenvalue weighted by atomic mass is 9.85. The van der Waals surface area contributed by atoms with Gasteiger partial charge >= 0.3 is 0 Å². The zero-order valence-corrected chi connectivity index (χ0v) is 60.9. The number of carbonyl (C=O) groups excluding carboxylic acids is 7. The number of aliphatic hydroxyl groups excluding tert-OH is 12. The van der Waals surface area contributed by atoms with Gasteiger partial charge in [0.25, 0.3) is 0 Å². The van der Waals surface area contributed by atoms with Crippen LogP contribution in [0.2, 0.25) is 0 Å². The summed E-state index contributed by atoms with van der Waals surface area (Å²) in [5, 5.41) is 132. The molecule has 0 bridgehead atoms. The quantitative estimate of drug-likeness (QED) is 0.0349. The third-order valence-corrected chi connectivity index (χ3v) is 19.9. The lowest BCUT2D eigenvalue weighted by molar-refractivity contribution is -0.282. The Kier molecular flexibility index (Phi) is 43.6. The zero-order valence-electron chi connectivity index (χ0n) is 60.9. The van der Waals surface area contributed by atoms with Gasteiger partial charge in [-0.1, -0.05) is 54.4 Å². The third kappa shape index (κ3) is 30.8. The molecule has 4 fully saturated rings. The number of nitrogens with one attached hydrogen (secondary N) is 4. The molecule has 4 saturated heterocycles. The minimum absolute atomic E-state index is 0.0246. The number of amides is 4. The molecule has 11 unspecified atom stereocenters. The Bertz CT molecular complexity index is 2410. The number of carbonyl (C=O) groups is 7. The highest BCUT2D eigenvalue weighted by molar-refractivity contribution is 5.93. The molecular weight excluding hydrogens is 1340 g/mol. The van der Waals surface area contributed by atoms with Gasteiger partial charge in [0.1, 0.15) is 60.4 Å². The van der Waals surface area contributed by atoms with Gasteiger partial charge < -0.3 is 120 Å². The molecule has 23 atom stereocenters. The standard InChI is InChI=1S/C71H126N4O27/c1-41(2)58(85)46(36-50(81)49(75-57(84)27-13-20-34-98-71-45(6)62(89)66(93)54(40-79)102-71)24-9-16-29-73-56(83)26-12-19-33-97-70-44(5)61(88)65(92)53(39-78)101-70)21-7-15-30-74-67(94)47(35-48(80)23-10-17-31-95-68-42(3)59(86)63(90)51(37-76)99-68)22-8-14-28-72-55(82)25-11-18-32-96-69-43(4)60(87)64(91)52(38-77)100-69/h41-47,49,51-54,59-66,68-71,76-79,86-93H,7-40H2,1-6H3,(H,72,82)(H,73,83)(H,74,94)(H,75,84)/t42-,43-,44-,45-,46?,47?,49?,51?,52?,53?,54?,59?,60?,61?,62?,63-,64-,65-,66-,68+,69+,70+,71+/m0/s1. The maximum atomic E-state index is 14.3. The number of Topliss-reactive ketones (excluding diaryl/α,β-unsaturated/α-hetero) is 3. The molecule has 102 heavy (non-hydrogen) atoms. The predicted octanol–water partition coefficient (Wildman–Crippen LogP) is -0.245. The van der Waals surface area contributed by atoms with E-state index in [9.17, 15) is 94.8 Å². The van der Waals surface area contributed by atoms with Crippen molar-refractivity contribution >= 4 is 41.0 Å². The monoisotopic (exact) mass is 1470 g/mol. The second-order valence-electron chi connectivity index (χ2n) is 28.5. The molecule has 31 nitrogen and oxygen atoms in total. The van der Waals surface area contributed by atoms with Crippen LogP contribution in [0.3, 0.4) is 0 Å². The Morgan fingerprint density at radius 3 is 1.05 bits per heavy atom. The second-order valence-corrected chi connectivity index (χ2v) is 28.5. The highest BCUT2D eigenvalue weighted by atomic mass is 16.7. The molecule has 0 saturated carbocycles. The zero-order chi connectivity index (χ0) is 75.4. The molecule has 0 spiro atoms. The molecular formula is C71H126N4O27. The van der Waals surface area contributed by atoms with Gasteiger partial charge in [-0.25, -0.2) is 0 Å². The lowest BCUT2D eigenvalue weighted by Crippen LogP contribution is -2.55. The highest BCUT2D eigenvalue weighted by Gasteiger charge is 2.46. The van der Waals surface area contributed by atoms with Crippen LogP contribution in [0, 0.1) is 41.4 Å². The molecule has 0 aliphatic carbocycles. The third-order valence-electron chi connectivity index (χ3n) is 19.9. The first-order chi connectivity index (χ1) is 48.7. The number of ketones is 3. The number of unbranched alkanes of at least 4 members (excludes halogenated alkanes) is 7. The summed E-state index contributed by atoms with van der Waals surface area (Å²) in [4.78, 5) is 94.7. The first kappa shape index (κ1) is 90.5. The Hall–Kier alpha value is -3.91. The summed E-state index contributed by atoms with van der Waals surface area (Å²) in [6.45, 7) is 9.68. The normalized spacial score (nSPS) is 30.7. The molecule has 4 aliphatic heterocycles. The van der Waals surface area contributed by atoms with Crippen LogP contribution in [-0.4, -0.2) is 279 Å². The van der Waals surface area contributed by atoms with E-state index in [0.717, 1.165) is 0 Å². The van der Waals surface area contributed by atoms with E-state index in [1.807, 2.05) is 0 Å². The summed E-state index contributed by atoms with van der Waals surface area (Å²) in [5.41, 5.74) is 0. The van der Waals surface area contributed by atoms with Gasteiger partial charge in [-0.05, 0) is 96.3 Å². The molecule has 4 amide bonds. The van der Waals surface area contributed by atoms with E-state index in [0.29, 0.717) is 109 Å². The van der Waals surface area contributed by atoms with Crippen molar-refractivity contribution in [3.05, 3.63) is 0 Å². The molecule has 16 N–H and O–H groups in total. The molecule has 592 valence electrons. The van der Waals surface area contributed by atoms with E-state index < -0.39 is 178 Å². The Balaban J connectivity index is 1.30. The molecule has 4 aliphatic rings. The van der Waals surface area contributed by atoms with Crippen LogP contribution in [0.5, 0.6) is 0 Å². The van der Waals surface area contributed by atoms with Gasteiger partial charge in [0.2, 0.25) is 23.6 Å². The van der Waals surface area contributed by atoms with Crippen molar-refractivity contribution in [3.63, 3.8) is 0 Å². The van der Waals surface area contributed by atoms with Crippen molar-refractivity contribution in [2.75, 3.05) is 72.5 Å². The van der Waals surface area contributed by atoms with Crippen LogP contribution in [0.15, 0.2) is 0 Å². The summed E-state index contributed by atoms with van der Waals surface area (Å²) in [6.07, 6.45) is -9.53. The van der Waals surface area contributed by atoms with E-state index in [1.54, 1.807) is 41.5 Å². The fourth-order valence-corrected chi connectivity index (χ4v) is 13.0. The number of hydrogen-bond acceptors (Lipinski definition) is 27. The fraction of sp³-hybridized carbons (Fsp3) is 0.901. The Labute approximate surface area is 600 Å². The van der Waals surface area contributed by atoms with E-state index in [4.69, 9.17) is 37.9 Å². The van der Waals surface area contributed by atoms with Crippen molar-refractivity contribution in [1.82, 2.24) is 21.3 Å². The van der Waals surface area contributed by atoms with Crippen LogP contribution in [0.25, 0.3) is 0 Å². The second kappa shape index (κ2) is 49.1. The fourth-order valence-electron chi connectivity index (χ4n) is 13.0. The molecule has 0 aromatic rings. The van der Waals surface area contributed by atoms with Crippen molar-refractivity contribution in [2.24, 2.45) is 41.4 Å². The van der Waals surface area contributed by atoms with Gasteiger partial charge in [-0.3, -0.25) is 33.6 Å². The average molecular weight is 1470 g/mol. The molecule has 31 heteroatoms. The first-order valence-electron chi connectivity index (χ1n) is 37.3. The maximum absolute atomic E-state index is 14.3. The highest BCUT2D eigenvalue weighted by Crippen LogP contribution is 2.32. The van der Waals surface area contributed by atoms with Gasteiger partial charge in [0, 0.05) is 126 Å². The molecule has 0 aromatic carbocycles. The first-order valence-corrected chi connectivity index (χ1v) is 37.3. The Morgan fingerprint density at radius 2 is 0.696 bits per heavy atom. The average Bonchev–Trinajstić information content (AvgIpc) is 0.839. The van der Waals surface area contributed by atoms with Crippen LogP contribution in [0.4, 0.5) is 0 Å². The Morgan fingerprint density at radius 1 is 0.373 bits per heavy atom. The number of aliphatic hydroxyl groups is 12. The minimum Gasteiger partial charge on any atom is -0.394 e. The van der Waals surface area contributed by atoms with Gasteiger partial charge in [0.15, 0.2) is 30.9 Å². The largest absolute Gasteiger partial charge is 0.394 e. The summed E-state index contributed by atoms with van der Waals surface area (Å²) in [6, 6.07) is -0.963. The molecule has 4 heterocycles. The smallest absolute Gasteiger partial charge is 0.223 e. The van der Waals surface area contributed by atoms with Crippen LogP contribution in [0.1, 0.15) is 189 Å². The van der Waals surface area contributed by atoms with Crippen LogP contribution < -0.4 is 21.3 Å². The molecule has 4 rings (SSSR count). The SMILES string of the molecule is CC(C)C(=O)C(CCCCNC(=O)C(CCCCNC(=O)CCCCO[C@@H]1OC(CO)[C@H](O)C(O)[C@@H]1C)CC(=O)CCCCO[C@@H]1OC(CO)[C@H](O)C(O)[C@@H]1C)CC(=O)C(CCCCNC(=O)CCCCO[C@@H]1OC(CO)[C@H](O)C(O)[C@@H]1C)NC(=O)CCCCO[C@@H]1OC(CO)[C@H](O)C(O)[C@@H]1C. The minimum atomic E-state index is -1.28. The van der Waals surface area contributed by atoms with E-state index in [-0.39, 0.29) is 120 Å². The van der Waals surface area contributed by atoms with Crippen molar-refractivity contribution < 1.29 is 133 Å². The summed E-state index contributed by atoms with van der Waals surface area (Å²) in [5.74, 6) is -5.86. The number of rotatable bonds is 52. The maximum Gasteiger partial charge on any atom is 0.223 e. The molecule has 0 aromatic heterocycles. The van der Waals surface area contributed by atoms with E-state index in [1.165, 1.54) is 0 Å². The topological polar surface area (TPSA) is 484 Å². The van der Waals surface area contributed by atoms with Gasteiger partial charge in [-0.15, -0.1) is 0 Å². The van der Waals surface area contributed by atoms with E-state index >= 15 is 0 Å². The predicted molar refractivity (Wildman–Crippen MR) is 365 cm³/mol. The van der Waals surface area contributed by atoms with Crippen molar-refractivity contribution in [3.8, 4) is 0 Å². The van der Waals surface area contributed by atoms with Crippen LogP contribution >= 0.6 is 0 Å². The lowest BCUT2D eigenvalue weighted by Gasteiger charge is -2.40. The molecule has 0 radical (unpaired) electrons. The van der Waals surface area contributed by atoms with Crippen molar-refractivity contribution in [1.29, 1.82) is 0 Å². The number of hydrogen-bond donors (Lipinski definition) is 16. The van der Waals surface area contributed by atoms with Crippen molar-refractivity contribution in [2.45, 2.75) is 294 Å². The van der Waals surface area contributed by atoms with Crippen LogP contribution in [-0.2, 0) is 71.5 Å². The van der Waals surface area contributed by atoms with Gasteiger partial charge in [-0.2, -0.15) is 0 Å². The van der Waals surface area contributed by atoms with Gasteiger partial charge in [0.05, 0.1) is 56.9 Å².